The zero-order valence-electron chi connectivity index (χ0n) is 10.7. The van der Waals surface area contributed by atoms with E-state index in [9.17, 15) is 0 Å². The van der Waals surface area contributed by atoms with Crippen molar-refractivity contribution in [3.8, 4) is 0 Å². The van der Waals surface area contributed by atoms with Gasteiger partial charge in [0.25, 0.3) is 0 Å². The van der Waals surface area contributed by atoms with Crippen molar-refractivity contribution in [2.75, 3.05) is 5.73 Å². The SMILES string of the molecule is Nc1cccc(Cc2ccc3c(c2)CCCC3)c1. The van der Waals surface area contributed by atoms with Crippen molar-refractivity contribution in [3.05, 3.63) is 64.7 Å². The van der Waals surface area contributed by atoms with Crippen molar-refractivity contribution < 1.29 is 0 Å². The van der Waals surface area contributed by atoms with Gasteiger partial charge in [-0.3, -0.25) is 0 Å². The van der Waals surface area contributed by atoms with E-state index in [-0.39, 0.29) is 0 Å². The predicted molar refractivity (Wildman–Crippen MR) is 76.7 cm³/mol. The normalized spacial score (nSPS) is 14.2. The van der Waals surface area contributed by atoms with Crippen LogP contribution in [0.2, 0.25) is 0 Å². The molecule has 0 amide bonds. The molecule has 0 saturated heterocycles. The van der Waals surface area contributed by atoms with Crippen LogP contribution in [0.3, 0.4) is 0 Å². The Labute approximate surface area is 109 Å². The van der Waals surface area contributed by atoms with E-state index < -0.39 is 0 Å². The average Bonchev–Trinajstić information content (AvgIpc) is 2.39. The van der Waals surface area contributed by atoms with Crippen molar-refractivity contribution in [1.82, 2.24) is 0 Å². The van der Waals surface area contributed by atoms with E-state index in [0.29, 0.717) is 0 Å². The molecular formula is C17H19N. The molecule has 0 bridgehead atoms. The monoisotopic (exact) mass is 237 g/mol. The van der Waals surface area contributed by atoms with E-state index in [2.05, 4.69) is 30.3 Å². The Kier molecular flexibility index (Phi) is 3.06. The lowest BCUT2D eigenvalue weighted by atomic mass is 9.89. The maximum atomic E-state index is 5.82. The molecule has 1 heteroatoms. The second-order valence-corrected chi connectivity index (χ2v) is 5.23. The quantitative estimate of drug-likeness (QED) is 0.791. The van der Waals surface area contributed by atoms with Gasteiger partial charge in [0.1, 0.15) is 0 Å². The molecule has 0 saturated carbocycles. The van der Waals surface area contributed by atoms with Gasteiger partial charge in [-0.05, 0) is 66.5 Å². The second-order valence-electron chi connectivity index (χ2n) is 5.23. The number of rotatable bonds is 2. The lowest BCUT2D eigenvalue weighted by Crippen LogP contribution is -2.03. The van der Waals surface area contributed by atoms with Crippen LogP contribution in [0.4, 0.5) is 5.69 Å². The fourth-order valence-electron chi connectivity index (χ4n) is 2.84. The van der Waals surface area contributed by atoms with Gasteiger partial charge < -0.3 is 5.73 Å². The van der Waals surface area contributed by atoms with E-state index in [1.54, 1.807) is 11.1 Å². The molecule has 0 spiro atoms. The predicted octanol–water partition coefficient (Wildman–Crippen LogP) is 3.74. The van der Waals surface area contributed by atoms with E-state index >= 15 is 0 Å². The first-order valence-electron chi connectivity index (χ1n) is 6.76. The number of aryl methyl sites for hydroxylation is 2. The highest BCUT2D eigenvalue weighted by Gasteiger charge is 2.09. The summed E-state index contributed by atoms with van der Waals surface area (Å²) in [4.78, 5) is 0. The molecule has 92 valence electrons. The molecule has 1 aliphatic rings. The molecule has 0 unspecified atom stereocenters. The molecule has 0 aromatic heterocycles. The van der Waals surface area contributed by atoms with Gasteiger partial charge >= 0.3 is 0 Å². The highest BCUT2D eigenvalue weighted by molar-refractivity contribution is 5.43. The van der Waals surface area contributed by atoms with Gasteiger partial charge in [0.2, 0.25) is 0 Å². The van der Waals surface area contributed by atoms with Gasteiger partial charge in [-0.15, -0.1) is 0 Å². The summed E-state index contributed by atoms with van der Waals surface area (Å²) in [6.45, 7) is 0. The third kappa shape index (κ3) is 2.40. The van der Waals surface area contributed by atoms with Crippen molar-refractivity contribution in [2.24, 2.45) is 0 Å². The summed E-state index contributed by atoms with van der Waals surface area (Å²) in [7, 11) is 0. The first kappa shape index (κ1) is 11.3. The Balaban J connectivity index is 1.85. The van der Waals surface area contributed by atoms with E-state index in [1.807, 2.05) is 12.1 Å². The van der Waals surface area contributed by atoms with Crippen molar-refractivity contribution in [1.29, 1.82) is 0 Å². The summed E-state index contributed by atoms with van der Waals surface area (Å²) in [6, 6.07) is 15.2. The van der Waals surface area contributed by atoms with Crippen LogP contribution in [0.1, 0.15) is 35.1 Å². The number of benzene rings is 2. The summed E-state index contributed by atoms with van der Waals surface area (Å²) in [5.74, 6) is 0. The third-order valence-corrected chi connectivity index (χ3v) is 3.77. The maximum Gasteiger partial charge on any atom is 0.0316 e. The summed E-state index contributed by atoms with van der Waals surface area (Å²) < 4.78 is 0. The fourth-order valence-corrected chi connectivity index (χ4v) is 2.84. The van der Waals surface area contributed by atoms with Crippen LogP contribution in [0.5, 0.6) is 0 Å². The largest absolute Gasteiger partial charge is 0.399 e. The number of anilines is 1. The molecule has 2 aromatic rings. The Morgan fingerprint density at radius 2 is 1.61 bits per heavy atom. The Morgan fingerprint density at radius 1 is 0.833 bits per heavy atom. The van der Waals surface area contributed by atoms with Gasteiger partial charge in [-0.25, -0.2) is 0 Å². The summed E-state index contributed by atoms with van der Waals surface area (Å²) in [5, 5.41) is 0. The van der Waals surface area contributed by atoms with Crippen LogP contribution in [0.15, 0.2) is 42.5 Å². The number of nitrogen functional groups attached to an aromatic ring is 1. The van der Waals surface area contributed by atoms with Gasteiger partial charge in [-0.1, -0.05) is 30.3 Å². The summed E-state index contributed by atoms with van der Waals surface area (Å²) in [6.07, 6.45) is 6.18. The standard InChI is InChI=1S/C17H19N/c18-17-7-3-4-13(12-17)10-14-8-9-15-5-1-2-6-16(15)11-14/h3-4,7-9,11-12H,1-2,5-6,10,18H2. The molecule has 0 atom stereocenters. The smallest absolute Gasteiger partial charge is 0.0316 e. The lowest BCUT2D eigenvalue weighted by molar-refractivity contribution is 0.684. The maximum absolute atomic E-state index is 5.82. The second kappa shape index (κ2) is 4.85. The van der Waals surface area contributed by atoms with E-state index in [0.717, 1.165) is 12.1 Å². The van der Waals surface area contributed by atoms with Crippen LogP contribution < -0.4 is 5.73 Å². The summed E-state index contributed by atoms with van der Waals surface area (Å²) >= 11 is 0. The zero-order chi connectivity index (χ0) is 12.4. The molecule has 0 radical (unpaired) electrons. The topological polar surface area (TPSA) is 26.0 Å². The fraction of sp³-hybridized carbons (Fsp3) is 0.294. The average molecular weight is 237 g/mol. The highest BCUT2D eigenvalue weighted by Crippen LogP contribution is 2.23. The molecule has 0 fully saturated rings. The molecule has 1 aliphatic carbocycles. The van der Waals surface area contributed by atoms with Crippen LogP contribution in [0, 0.1) is 0 Å². The molecule has 18 heavy (non-hydrogen) atoms. The van der Waals surface area contributed by atoms with Crippen molar-refractivity contribution >= 4 is 5.69 Å². The molecule has 0 heterocycles. The molecular weight excluding hydrogens is 218 g/mol. The minimum Gasteiger partial charge on any atom is -0.399 e. The van der Waals surface area contributed by atoms with E-state index in [1.165, 1.54) is 36.8 Å². The van der Waals surface area contributed by atoms with Crippen LogP contribution in [-0.2, 0) is 19.3 Å². The van der Waals surface area contributed by atoms with Gasteiger partial charge in [0.05, 0.1) is 0 Å². The van der Waals surface area contributed by atoms with Crippen LogP contribution in [-0.4, -0.2) is 0 Å². The minimum atomic E-state index is 0.852. The van der Waals surface area contributed by atoms with Crippen LogP contribution in [0.25, 0.3) is 0 Å². The molecule has 1 nitrogen and oxygen atoms in total. The lowest BCUT2D eigenvalue weighted by Gasteiger charge is -2.16. The first-order valence-corrected chi connectivity index (χ1v) is 6.76. The molecule has 0 aliphatic heterocycles. The Morgan fingerprint density at radius 3 is 2.44 bits per heavy atom. The van der Waals surface area contributed by atoms with Gasteiger partial charge in [0.15, 0.2) is 0 Å². The molecule has 2 N–H and O–H groups in total. The molecule has 3 rings (SSSR count). The summed E-state index contributed by atoms with van der Waals surface area (Å²) in [5.41, 5.74) is 12.5. The molecule has 2 aromatic carbocycles. The van der Waals surface area contributed by atoms with E-state index in [4.69, 9.17) is 5.73 Å². The number of hydrogen-bond donors (Lipinski definition) is 1. The van der Waals surface area contributed by atoms with Gasteiger partial charge in [-0.2, -0.15) is 0 Å². The van der Waals surface area contributed by atoms with Gasteiger partial charge in [0, 0.05) is 5.69 Å². The highest BCUT2D eigenvalue weighted by atomic mass is 14.5. The van der Waals surface area contributed by atoms with Crippen molar-refractivity contribution in [2.45, 2.75) is 32.1 Å². The minimum absolute atomic E-state index is 0.852. The zero-order valence-corrected chi connectivity index (χ0v) is 10.7. The van der Waals surface area contributed by atoms with Crippen molar-refractivity contribution in [3.63, 3.8) is 0 Å². The number of fused-ring (bicyclic) bond motifs is 1. The first-order chi connectivity index (χ1) is 8.81. The number of hydrogen-bond acceptors (Lipinski definition) is 1. The Hall–Kier alpha value is -1.76. The Bertz CT molecular complexity index is 557. The van der Waals surface area contributed by atoms with Crippen LogP contribution >= 0.6 is 0 Å². The number of nitrogens with two attached hydrogens (primary N) is 1. The third-order valence-electron chi connectivity index (χ3n) is 3.77.